The molecule has 0 aromatic heterocycles. The van der Waals surface area contributed by atoms with Crippen molar-refractivity contribution in [2.24, 2.45) is 5.41 Å². The van der Waals surface area contributed by atoms with Gasteiger partial charge in [-0.1, -0.05) is 0 Å². The standard InChI is InChI=1S/C16H23N3O2/c1-13-10-14(19(20)21)4-5-15(13)18-9-3-7-16(12-18)6-2-8-17-11-16/h4-5,10,17H,2-3,6-9,11-12H2,1H3. The van der Waals surface area contributed by atoms with E-state index in [1.54, 1.807) is 12.1 Å². The number of hydrogen-bond acceptors (Lipinski definition) is 4. The van der Waals surface area contributed by atoms with Crippen LogP contribution in [-0.4, -0.2) is 31.1 Å². The van der Waals surface area contributed by atoms with Crippen LogP contribution in [0.15, 0.2) is 18.2 Å². The lowest BCUT2D eigenvalue weighted by atomic mass is 9.74. The Morgan fingerprint density at radius 3 is 2.81 bits per heavy atom. The van der Waals surface area contributed by atoms with Gasteiger partial charge >= 0.3 is 0 Å². The van der Waals surface area contributed by atoms with Crippen LogP contribution in [-0.2, 0) is 0 Å². The minimum Gasteiger partial charge on any atom is -0.371 e. The van der Waals surface area contributed by atoms with Crippen LogP contribution in [0.25, 0.3) is 0 Å². The molecule has 2 aliphatic rings. The minimum absolute atomic E-state index is 0.183. The lowest BCUT2D eigenvalue weighted by Gasteiger charge is -2.46. The smallest absolute Gasteiger partial charge is 0.269 e. The van der Waals surface area contributed by atoms with Crippen LogP contribution in [0.4, 0.5) is 11.4 Å². The number of non-ortho nitro benzene ring substituents is 1. The number of nitrogens with one attached hydrogen (secondary N) is 1. The number of nitro benzene ring substituents is 1. The van der Waals surface area contributed by atoms with Crippen molar-refractivity contribution < 1.29 is 4.92 Å². The number of anilines is 1. The molecule has 1 aromatic rings. The summed E-state index contributed by atoms with van der Waals surface area (Å²) in [6, 6.07) is 5.24. The van der Waals surface area contributed by atoms with Gasteiger partial charge in [0.1, 0.15) is 0 Å². The fraction of sp³-hybridized carbons (Fsp3) is 0.625. The third kappa shape index (κ3) is 2.88. The van der Waals surface area contributed by atoms with Crippen molar-refractivity contribution in [2.45, 2.75) is 32.6 Å². The first-order valence-electron chi connectivity index (χ1n) is 7.80. The summed E-state index contributed by atoms with van der Waals surface area (Å²) in [5.74, 6) is 0. The first-order chi connectivity index (χ1) is 10.1. The van der Waals surface area contributed by atoms with Gasteiger partial charge in [-0.2, -0.15) is 0 Å². The second-order valence-electron chi connectivity index (χ2n) is 6.53. The normalized spacial score (nSPS) is 26.0. The van der Waals surface area contributed by atoms with E-state index in [0.29, 0.717) is 5.41 Å². The van der Waals surface area contributed by atoms with Gasteiger partial charge in [0.15, 0.2) is 0 Å². The molecule has 1 atom stereocenters. The lowest BCUT2D eigenvalue weighted by molar-refractivity contribution is -0.384. The minimum atomic E-state index is -0.320. The molecule has 2 heterocycles. The predicted octanol–water partition coefficient (Wildman–Crippen LogP) is 2.87. The summed E-state index contributed by atoms with van der Waals surface area (Å²) in [6.45, 7) is 6.34. The number of rotatable bonds is 2. The highest BCUT2D eigenvalue weighted by atomic mass is 16.6. The van der Waals surface area contributed by atoms with Crippen molar-refractivity contribution in [3.8, 4) is 0 Å². The van der Waals surface area contributed by atoms with E-state index < -0.39 is 0 Å². The van der Waals surface area contributed by atoms with Gasteiger partial charge in [0.05, 0.1) is 4.92 Å². The van der Waals surface area contributed by atoms with Crippen LogP contribution >= 0.6 is 0 Å². The Morgan fingerprint density at radius 2 is 2.14 bits per heavy atom. The zero-order valence-electron chi connectivity index (χ0n) is 12.6. The number of hydrogen-bond donors (Lipinski definition) is 1. The summed E-state index contributed by atoms with van der Waals surface area (Å²) in [5.41, 5.74) is 2.74. The van der Waals surface area contributed by atoms with Gasteiger partial charge < -0.3 is 10.2 Å². The molecule has 1 spiro atoms. The molecule has 5 nitrogen and oxygen atoms in total. The molecule has 114 valence electrons. The third-order valence-electron chi connectivity index (χ3n) is 4.95. The Morgan fingerprint density at radius 1 is 1.33 bits per heavy atom. The molecule has 2 fully saturated rings. The maximum absolute atomic E-state index is 10.9. The Balaban J connectivity index is 1.81. The number of benzene rings is 1. The molecule has 3 rings (SSSR count). The molecule has 1 aromatic carbocycles. The fourth-order valence-electron chi connectivity index (χ4n) is 3.90. The van der Waals surface area contributed by atoms with Gasteiger partial charge in [0.2, 0.25) is 0 Å². The van der Waals surface area contributed by atoms with Crippen LogP contribution < -0.4 is 10.2 Å². The highest BCUT2D eigenvalue weighted by Gasteiger charge is 2.36. The zero-order valence-corrected chi connectivity index (χ0v) is 12.6. The maximum Gasteiger partial charge on any atom is 0.269 e. The van der Waals surface area contributed by atoms with E-state index in [9.17, 15) is 10.1 Å². The molecule has 2 saturated heterocycles. The molecule has 0 aliphatic carbocycles. The van der Waals surface area contributed by atoms with Crippen LogP contribution in [0.2, 0.25) is 0 Å². The summed E-state index contributed by atoms with van der Waals surface area (Å²) < 4.78 is 0. The molecule has 21 heavy (non-hydrogen) atoms. The highest BCUT2D eigenvalue weighted by molar-refractivity contribution is 5.57. The van der Waals surface area contributed by atoms with E-state index in [1.807, 2.05) is 13.0 Å². The summed E-state index contributed by atoms with van der Waals surface area (Å²) in [7, 11) is 0. The quantitative estimate of drug-likeness (QED) is 0.672. The number of aryl methyl sites for hydroxylation is 1. The Bertz CT molecular complexity index is 533. The second-order valence-corrected chi connectivity index (χ2v) is 6.53. The summed E-state index contributed by atoms with van der Waals surface area (Å²) in [5, 5.41) is 14.4. The average molecular weight is 289 g/mol. The van der Waals surface area contributed by atoms with Gasteiger partial charge in [0, 0.05) is 42.9 Å². The monoisotopic (exact) mass is 289 g/mol. The Hall–Kier alpha value is -1.62. The number of piperidine rings is 2. The summed E-state index contributed by atoms with van der Waals surface area (Å²) >= 11 is 0. The van der Waals surface area contributed by atoms with Crippen LogP contribution in [0.1, 0.15) is 31.2 Å². The average Bonchev–Trinajstić information content (AvgIpc) is 2.48. The Kier molecular flexibility index (Phi) is 3.85. The first-order valence-corrected chi connectivity index (χ1v) is 7.80. The fourth-order valence-corrected chi connectivity index (χ4v) is 3.90. The highest BCUT2D eigenvalue weighted by Crippen LogP contribution is 2.38. The van der Waals surface area contributed by atoms with Gasteiger partial charge in [0.25, 0.3) is 5.69 Å². The van der Waals surface area contributed by atoms with Crippen molar-refractivity contribution in [1.29, 1.82) is 0 Å². The van der Waals surface area contributed by atoms with E-state index >= 15 is 0 Å². The lowest BCUT2D eigenvalue weighted by Crippen LogP contribution is -2.51. The van der Waals surface area contributed by atoms with E-state index in [2.05, 4.69) is 10.2 Å². The molecule has 0 radical (unpaired) electrons. The summed E-state index contributed by atoms with van der Waals surface area (Å²) in [4.78, 5) is 13.0. The van der Waals surface area contributed by atoms with Crippen molar-refractivity contribution in [3.05, 3.63) is 33.9 Å². The molecule has 0 bridgehead atoms. The van der Waals surface area contributed by atoms with Gasteiger partial charge in [-0.15, -0.1) is 0 Å². The number of nitro groups is 1. The second kappa shape index (κ2) is 5.64. The molecule has 0 saturated carbocycles. The third-order valence-corrected chi connectivity index (χ3v) is 4.95. The molecular formula is C16H23N3O2. The molecule has 0 amide bonds. The van der Waals surface area contributed by atoms with Gasteiger partial charge in [-0.3, -0.25) is 10.1 Å². The van der Waals surface area contributed by atoms with E-state index in [-0.39, 0.29) is 10.6 Å². The van der Waals surface area contributed by atoms with Crippen molar-refractivity contribution in [2.75, 3.05) is 31.1 Å². The molecular weight excluding hydrogens is 266 g/mol. The topological polar surface area (TPSA) is 58.4 Å². The summed E-state index contributed by atoms with van der Waals surface area (Å²) in [6.07, 6.45) is 5.05. The molecule has 5 heteroatoms. The van der Waals surface area contributed by atoms with E-state index in [0.717, 1.165) is 37.4 Å². The molecule has 1 N–H and O–H groups in total. The van der Waals surface area contributed by atoms with Gasteiger partial charge in [-0.05, 0) is 50.8 Å². The molecule has 2 aliphatic heterocycles. The van der Waals surface area contributed by atoms with Crippen molar-refractivity contribution in [1.82, 2.24) is 5.32 Å². The maximum atomic E-state index is 10.9. The van der Waals surface area contributed by atoms with E-state index in [4.69, 9.17) is 0 Å². The Labute approximate surface area is 125 Å². The zero-order chi connectivity index (χ0) is 14.9. The SMILES string of the molecule is Cc1cc([N+](=O)[O-])ccc1N1CCCC2(CCCNC2)C1. The predicted molar refractivity (Wildman–Crippen MR) is 83.8 cm³/mol. The number of nitrogens with zero attached hydrogens (tertiary/aromatic N) is 2. The molecule has 1 unspecified atom stereocenters. The van der Waals surface area contributed by atoms with Crippen molar-refractivity contribution in [3.63, 3.8) is 0 Å². The van der Waals surface area contributed by atoms with Crippen molar-refractivity contribution >= 4 is 11.4 Å². The van der Waals surface area contributed by atoms with Gasteiger partial charge in [-0.25, -0.2) is 0 Å². The van der Waals surface area contributed by atoms with E-state index in [1.165, 1.54) is 25.7 Å². The van der Waals surface area contributed by atoms with Crippen LogP contribution in [0.3, 0.4) is 0 Å². The largest absolute Gasteiger partial charge is 0.371 e. The first kappa shape index (κ1) is 14.3. The van der Waals surface area contributed by atoms with Crippen LogP contribution in [0.5, 0.6) is 0 Å². The van der Waals surface area contributed by atoms with Crippen LogP contribution in [0, 0.1) is 22.5 Å².